The van der Waals surface area contributed by atoms with Crippen LogP contribution in [0.3, 0.4) is 0 Å². The molecule has 1 fully saturated rings. The number of hydrogen-bond donors (Lipinski definition) is 4. The van der Waals surface area contributed by atoms with Gasteiger partial charge in [-0.2, -0.15) is 0 Å². The highest BCUT2D eigenvalue weighted by Gasteiger charge is 2.47. The Morgan fingerprint density at radius 2 is 1.90 bits per heavy atom. The van der Waals surface area contributed by atoms with Crippen molar-refractivity contribution in [3.05, 3.63) is 0 Å². The monoisotopic (exact) mass is 305 g/mol. The fraction of sp³-hybridized carbons (Fsp3) is 0.929. The van der Waals surface area contributed by atoms with Gasteiger partial charge in [-0.05, 0) is 27.7 Å². The Balaban J connectivity index is 2.83. The van der Waals surface area contributed by atoms with Gasteiger partial charge < -0.3 is 30.1 Å². The van der Waals surface area contributed by atoms with Gasteiger partial charge in [-0.3, -0.25) is 4.79 Å². The molecule has 0 bridgehead atoms. The van der Waals surface area contributed by atoms with Crippen molar-refractivity contribution in [3.8, 4) is 0 Å². The second-order valence-corrected chi connectivity index (χ2v) is 6.66. The lowest BCUT2D eigenvalue weighted by Crippen LogP contribution is -2.60. The molecular formula is C14H27NO6. The maximum Gasteiger partial charge on any atom is 0.248 e. The van der Waals surface area contributed by atoms with Crippen molar-refractivity contribution in [3.63, 3.8) is 0 Å². The molecule has 124 valence electrons. The summed E-state index contributed by atoms with van der Waals surface area (Å²) in [6, 6.07) is 0. The highest BCUT2D eigenvalue weighted by Crippen LogP contribution is 2.30. The Hall–Kier alpha value is -0.730. The number of amides is 1. The average Bonchev–Trinajstić information content (AvgIpc) is 2.37. The molecule has 0 aromatic rings. The number of aliphatic hydroxyl groups is 3. The Morgan fingerprint density at radius 1 is 1.33 bits per heavy atom. The Kier molecular flexibility index (Phi) is 5.74. The van der Waals surface area contributed by atoms with E-state index >= 15 is 0 Å². The van der Waals surface area contributed by atoms with E-state index in [4.69, 9.17) is 9.47 Å². The SMILES string of the molecule is CNC(=O)C1CC(O)C(O)[C@@H](C(C)(C)OCC(C)(C)O)O1. The summed E-state index contributed by atoms with van der Waals surface area (Å²) in [5.74, 6) is -0.357. The van der Waals surface area contributed by atoms with Gasteiger partial charge in [-0.25, -0.2) is 0 Å². The van der Waals surface area contributed by atoms with E-state index in [0.29, 0.717) is 0 Å². The summed E-state index contributed by atoms with van der Waals surface area (Å²) in [6.07, 6.45) is -3.94. The summed E-state index contributed by atoms with van der Waals surface area (Å²) in [6.45, 7) is 6.61. The highest BCUT2D eigenvalue weighted by molar-refractivity contribution is 5.80. The molecule has 1 aliphatic rings. The number of nitrogens with one attached hydrogen (secondary N) is 1. The number of ether oxygens (including phenoxy) is 2. The second kappa shape index (κ2) is 6.58. The van der Waals surface area contributed by atoms with Gasteiger partial charge in [-0.1, -0.05) is 0 Å². The molecular weight excluding hydrogens is 278 g/mol. The minimum Gasteiger partial charge on any atom is -0.390 e. The van der Waals surface area contributed by atoms with Gasteiger partial charge in [0.2, 0.25) is 5.91 Å². The van der Waals surface area contributed by atoms with Crippen molar-refractivity contribution in [2.75, 3.05) is 13.7 Å². The van der Waals surface area contributed by atoms with Crippen molar-refractivity contribution in [1.82, 2.24) is 5.32 Å². The minimum absolute atomic E-state index is 0.0267. The van der Waals surface area contributed by atoms with Crippen molar-refractivity contribution in [2.24, 2.45) is 0 Å². The summed E-state index contributed by atoms with van der Waals surface area (Å²) in [5, 5.41) is 32.3. The molecule has 3 unspecified atom stereocenters. The number of rotatable bonds is 5. The van der Waals surface area contributed by atoms with Crippen molar-refractivity contribution in [2.45, 2.75) is 69.7 Å². The lowest BCUT2D eigenvalue weighted by Gasteiger charge is -2.44. The molecule has 7 nitrogen and oxygen atoms in total. The predicted octanol–water partition coefficient (Wildman–Crippen LogP) is -0.822. The fourth-order valence-corrected chi connectivity index (χ4v) is 2.22. The van der Waals surface area contributed by atoms with Gasteiger partial charge in [0.1, 0.15) is 18.3 Å². The van der Waals surface area contributed by atoms with Crippen LogP contribution >= 0.6 is 0 Å². The zero-order valence-corrected chi connectivity index (χ0v) is 13.3. The summed E-state index contributed by atoms with van der Waals surface area (Å²) >= 11 is 0. The van der Waals surface area contributed by atoms with E-state index in [0.717, 1.165) is 0 Å². The van der Waals surface area contributed by atoms with Gasteiger partial charge >= 0.3 is 0 Å². The number of likely N-dealkylation sites (N-methyl/N-ethyl adjacent to an activating group) is 1. The number of carbonyl (C=O) groups is 1. The van der Waals surface area contributed by atoms with Crippen LogP contribution < -0.4 is 5.32 Å². The lowest BCUT2D eigenvalue weighted by atomic mass is 9.88. The van der Waals surface area contributed by atoms with Gasteiger partial charge in [0.05, 0.1) is 23.9 Å². The summed E-state index contributed by atoms with van der Waals surface area (Å²) in [4.78, 5) is 11.7. The third-order valence-corrected chi connectivity index (χ3v) is 3.49. The Labute approximate surface area is 125 Å². The van der Waals surface area contributed by atoms with Gasteiger partial charge in [0.15, 0.2) is 0 Å². The molecule has 1 rings (SSSR count). The predicted molar refractivity (Wildman–Crippen MR) is 75.7 cm³/mol. The van der Waals surface area contributed by atoms with E-state index in [9.17, 15) is 20.1 Å². The Bertz CT molecular complexity index is 365. The summed E-state index contributed by atoms with van der Waals surface area (Å²) in [7, 11) is 1.48. The quantitative estimate of drug-likeness (QED) is 0.528. The van der Waals surface area contributed by atoms with Crippen molar-refractivity contribution < 1.29 is 29.6 Å². The van der Waals surface area contributed by atoms with Crippen LogP contribution in [0, 0.1) is 0 Å². The smallest absolute Gasteiger partial charge is 0.248 e. The minimum atomic E-state index is -1.16. The van der Waals surface area contributed by atoms with Gasteiger partial charge in [0, 0.05) is 13.5 Å². The maximum atomic E-state index is 11.7. The molecule has 1 saturated heterocycles. The van der Waals surface area contributed by atoms with Gasteiger partial charge in [-0.15, -0.1) is 0 Å². The largest absolute Gasteiger partial charge is 0.390 e. The number of aliphatic hydroxyl groups excluding tert-OH is 2. The third-order valence-electron chi connectivity index (χ3n) is 3.49. The van der Waals surface area contributed by atoms with Crippen LogP contribution in [0.5, 0.6) is 0 Å². The summed E-state index contributed by atoms with van der Waals surface area (Å²) < 4.78 is 11.3. The topological polar surface area (TPSA) is 108 Å². The molecule has 0 aromatic heterocycles. The molecule has 4 atom stereocenters. The zero-order valence-electron chi connectivity index (χ0n) is 13.3. The van der Waals surface area contributed by atoms with Crippen LogP contribution in [0.15, 0.2) is 0 Å². The molecule has 1 amide bonds. The first-order valence-electron chi connectivity index (χ1n) is 7.07. The second-order valence-electron chi connectivity index (χ2n) is 6.66. The standard InChI is InChI=1S/C14H27NO6/c1-13(2,19)7-20-14(3,4)11-10(17)8(16)6-9(21-11)12(18)15-5/h8-11,16-17,19H,6-7H2,1-5H3,(H,15,18)/t8?,9?,10?,11-/m0/s1. The molecule has 0 radical (unpaired) electrons. The molecule has 0 spiro atoms. The van der Waals surface area contributed by atoms with Crippen LogP contribution in [0.4, 0.5) is 0 Å². The van der Waals surface area contributed by atoms with Crippen LogP contribution in [0.2, 0.25) is 0 Å². The molecule has 0 aromatic carbocycles. The van der Waals surface area contributed by atoms with E-state index < -0.39 is 35.6 Å². The Morgan fingerprint density at radius 3 is 2.38 bits per heavy atom. The van der Waals surface area contributed by atoms with Crippen LogP contribution in [-0.4, -0.2) is 70.5 Å². The van der Waals surface area contributed by atoms with E-state index in [-0.39, 0.29) is 18.9 Å². The van der Waals surface area contributed by atoms with Crippen molar-refractivity contribution >= 4 is 5.91 Å². The maximum absolute atomic E-state index is 11.7. The normalized spacial score (nSPS) is 31.0. The lowest BCUT2D eigenvalue weighted by molar-refractivity contribution is -0.238. The first-order valence-corrected chi connectivity index (χ1v) is 7.07. The number of carbonyl (C=O) groups excluding carboxylic acids is 1. The zero-order chi connectivity index (χ0) is 16.4. The van der Waals surface area contributed by atoms with E-state index in [2.05, 4.69) is 5.32 Å². The van der Waals surface area contributed by atoms with Crippen LogP contribution in [-0.2, 0) is 14.3 Å². The number of hydrogen-bond acceptors (Lipinski definition) is 6. The third kappa shape index (κ3) is 4.89. The molecule has 0 aliphatic carbocycles. The molecule has 7 heteroatoms. The first kappa shape index (κ1) is 18.3. The first-order chi connectivity index (χ1) is 9.48. The highest BCUT2D eigenvalue weighted by atomic mass is 16.6. The van der Waals surface area contributed by atoms with E-state index in [1.54, 1.807) is 27.7 Å². The molecule has 4 N–H and O–H groups in total. The van der Waals surface area contributed by atoms with Crippen LogP contribution in [0.25, 0.3) is 0 Å². The molecule has 0 saturated carbocycles. The molecule has 1 aliphatic heterocycles. The average molecular weight is 305 g/mol. The van der Waals surface area contributed by atoms with Crippen LogP contribution in [0.1, 0.15) is 34.1 Å². The molecule has 1 heterocycles. The van der Waals surface area contributed by atoms with E-state index in [1.165, 1.54) is 7.05 Å². The van der Waals surface area contributed by atoms with Crippen molar-refractivity contribution in [1.29, 1.82) is 0 Å². The fourth-order valence-electron chi connectivity index (χ4n) is 2.22. The summed E-state index contributed by atoms with van der Waals surface area (Å²) in [5.41, 5.74) is -2.01. The van der Waals surface area contributed by atoms with Gasteiger partial charge in [0.25, 0.3) is 0 Å². The molecule has 21 heavy (non-hydrogen) atoms. The van der Waals surface area contributed by atoms with E-state index in [1.807, 2.05) is 0 Å².